The molecule has 0 aliphatic carbocycles. The summed E-state index contributed by atoms with van der Waals surface area (Å²) in [7, 11) is 0. The van der Waals surface area contributed by atoms with Gasteiger partial charge in [-0.3, -0.25) is 0 Å². The maximum atomic E-state index is 5.83. The van der Waals surface area contributed by atoms with Crippen molar-refractivity contribution in [2.24, 2.45) is 0 Å². The number of hydrogen-bond donors (Lipinski definition) is 1. The van der Waals surface area contributed by atoms with Gasteiger partial charge in [0.2, 0.25) is 6.79 Å². The largest absolute Gasteiger partial charge is 0.454 e. The predicted molar refractivity (Wildman–Crippen MR) is 64.8 cm³/mol. The smallest absolute Gasteiger partial charge is 0.231 e. The molecule has 1 aromatic carbocycles. The van der Waals surface area contributed by atoms with Crippen LogP contribution in [0.5, 0.6) is 11.5 Å². The first-order valence-corrected chi connectivity index (χ1v) is 6.04. The third-order valence-corrected chi connectivity index (χ3v) is 3.24. The Labute approximate surface area is 107 Å². The number of ether oxygens (including phenoxy) is 2. The number of nitrogens with one attached hydrogen (secondary N) is 1. The van der Waals surface area contributed by atoms with E-state index in [4.69, 9.17) is 21.1 Å². The normalized spacial score (nSPS) is 12.8. The molecule has 7 heteroatoms. The highest BCUT2D eigenvalue weighted by Gasteiger charge is 2.13. The summed E-state index contributed by atoms with van der Waals surface area (Å²) in [6, 6.07) is 5.79. The monoisotopic (exact) mass is 269 g/mol. The van der Waals surface area contributed by atoms with Gasteiger partial charge >= 0.3 is 0 Å². The second-order valence-electron chi connectivity index (χ2n) is 3.44. The lowest BCUT2D eigenvalue weighted by Gasteiger charge is -2.04. The van der Waals surface area contributed by atoms with Gasteiger partial charge in [0.05, 0.1) is 11.7 Å². The van der Waals surface area contributed by atoms with Crippen molar-refractivity contribution < 1.29 is 9.47 Å². The number of hydrogen-bond acceptors (Lipinski definition) is 6. The molecular formula is C10H8ClN3O2S. The van der Waals surface area contributed by atoms with Crippen molar-refractivity contribution in [3.05, 3.63) is 28.9 Å². The van der Waals surface area contributed by atoms with E-state index in [1.54, 1.807) is 0 Å². The van der Waals surface area contributed by atoms with E-state index in [1.807, 2.05) is 18.2 Å². The molecule has 0 fully saturated rings. The maximum absolute atomic E-state index is 5.83. The zero-order valence-electron chi connectivity index (χ0n) is 8.64. The van der Waals surface area contributed by atoms with Gasteiger partial charge in [0, 0.05) is 6.54 Å². The van der Waals surface area contributed by atoms with E-state index in [1.165, 1.54) is 0 Å². The molecule has 0 spiro atoms. The minimum atomic E-state index is 0.286. The van der Waals surface area contributed by atoms with E-state index in [-0.39, 0.29) is 6.79 Å². The number of fused-ring (bicyclic) bond motifs is 1. The molecule has 2 aromatic rings. The van der Waals surface area contributed by atoms with Crippen molar-refractivity contribution >= 4 is 29.1 Å². The summed E-state index contributed by atoms with van der Waals surface area (Å²) < 4.78 is 18.4. The fraction of sp³-hybridized carbons (Fsp3) is 0.200. The Hall–Kier alpha value is -1.53. The molecule has 3 rings (SSSR count). The number of aromatic nitrogens is 2. The van der Waals surface area contributed by atoms with Gasteiger partial charge in [-0.1, -0.05) is 17.7 Å². The minimum Gasteiger partial charge on any atom is -0.454 e. The van der Waals surface area contributed by atoms with E-state index >= 15 is 0 Å². The van der Waals surface area contributed by atoms with E-state index in [0.717, 1.165) is 28.8 Å². The predicted octanol–water partition coefficient (Wildman–Crippen LogP) is 2.53. The molecular weight excluding hydrogens is 262 g/mol. The van der Waals surface area contributed by atoms with Gasteiger partial charge in [-0.2, -0.15) is 8.75 Å². The van der Waals surface area contributed by atoms with Crippen LogP contribution in [-0.4, -0.2) is 15.5 Å². The first-order valence-electron chi connectivity index (χ1n) is 4.93. The highest BCUT2D eigenvalue weighted by atomic mass is 35.5. The molecule has 0 unspecified atom stereocenters. The summed E-state index contributed by atoms with van der Waals surface area (Å²) in [6.45, 7) is 0.899. The van der Waals surface area contributed by atoms with Crippen LogP contribution in [-0.2, 0) is 6.54 Å². The van der Waals surface area contributed by atoms with Crippen molar-refractivity contribution in [3.63, 3.8) is 0 Å². The van der Waals surface area contributed by atoms with Crippen LogP contribution in [0.4, 0.5) is 5.82 Å². The first-order chi connectivity index (χ1) is 8.33. The number of anilines is 1. The van der Waals surface area contributed by atoms with Crippen molar-refractivity contribution in [2.45, 2.75) is 6.54 Å². The van der Waals surface area contributed by atoms with E-state index in [0.29, 0.717) is 17.5 Å². The summed E-state index contributed by atoms with van der Waals surface area (Å²) in [5, 5.41) is 3.51. The fourth-order valence-electron chi connectivity index (χ4n) is 1.52. The molecule has 1 aliphatic heterocycles. The lowest BCUT2D eigenvalue weighted by molar-refractivity contribution is 0.174. The summed E-state index contributed by atoms with van der Waals surface area (Å²) in [4.78, 5) is 0. The zero-order valence-corrected chi connectivity index (χ0v) is 10.2. The highest BCUT2D eigenvalue weighted by Crippen LogP contribution is 2.32. The molecule has 17 heavy (non-hydrogen) atoms. The zero-order chi connectivity index (χ0) is 11.7. The molecule has 88 valence electrons. The Balaban J connectivity index is 1.72. The van der Waals surface area contributed by atoms with Gasteiger partial charge in [-0.25, -0.2) is 0 Å². The van der Waals surface area contributed by atoms with Gasteiger partial charge in [0.1, 0.15) is 0 Å². The maximum Gasteiger partial charge on any atom is 0.231 e. The number of benzene rings is 1. The van der Waals surface area contributed by atoms with Crippen LogP contribution in [0, 0.1) is 0 Å². The van der Waals surface area contributed by atoms with Gasteiger partial charge in [-0.05, 0) is 17.7 Å². The lowest BCUT2D eigenvalue weighted by Crippen LogP contribution is -1.99. The molecule has 1 aromatic heterocycles. The summed E-state index contributed by atoms with van der Waals surface area (Å²) in [5.74, 6) is 2.16. The molecule has 1 aliphatic rings. The van der Waals surface area contributed by atoms with E-state index in [2.05, 4.69) is 14.1 Å². The van der Waals surface area contributed by atoms with Gasteiger partial charge in [0.25, 0.3) is 0 Å². The second-order valence-corrected chi connectivity index (χ2v) is 4.33. The van der Waals surface area contributed by atoms with Crippen LogP contribution < -0.4 is 14.8 Å². The van der Waals surface area contributed by atoms with Crippen molar-refractivity contribution in [3.8, 4) is 11.5 Å². The number of halogens is 1. The summed E-state index contributed by atoms with van der Waals surface area (Å²) >= 11 is 6.91. The second kappa shape index (κ2) is 4.38. The lowest BCUT2D eigenvalue weighted by atomic mass is 10.2. The van der Waals surface area contributed by atoms with Crippen LogP contribution in [0.25, 0.3) is 0 Å². The third-order valence-electron chi connectivity index (χ3n) is 2.35. The fourth-order valence-corrected chi connectivity index (χ4v) is 2.20. The van der Waals surface area contributed by atoms with Crippen LogP contribution in [0.3, 0.4) is 0 Å². The number of nitrogens with zero attached hydrogens (tertiary/aromatic N) is 2. The molecule has 0 saturated carbocycles. The Morgan fingerprint density at radius 1 is 1.29 bits per heavy atom. The summed E-state index contributed by atoms with van der Waals surface area (Å²) in [5.41, 5.74) is 1.07. The Morgan fingerprint density at radius 3 is 3.00 bits per heavy atom. The molecule has 0 atom stereocenters. The quantitative estimate of drug-likeness (QED) is 0.928. The van der Waals surface area contributed by atoms with Crippen LogP contribution in [0.2, 0.25) is 5.15 Å². The minimum absolute atomic E-state index is 0.286. The molecule has 0 radical (unpaired) electrons. The van der Waals surface area contributed by atoms with E-state index < -0.39 is 0 Å². The Morgan fingerprint density at radius 2 is 2.18 bits per heavy atom. The highest BCUT2D eigenvalue weighted by molar-refractivity contribution is 6.99. The van der Waals surface area contributed by atoms with Gasteiger partial charge < -0.3 is 14.8 Å². The SMILES string of the molecule is Clc1nsnc1NCc1ccc2c(c1)OCO2. The molecule has 0 amide bonds. The topological polar surface area (TPSA) is 56.3 Å². The van der Waals surface area contributed by atoms with Crippen LogP contribution in [0.1, 0.15) is 5.56 Å². The first kappa shape index (κ1) is 10.6. The van der Waals surface area contributed by atoms with Gasteiger partial charge in [-0.15, -0.1) is 0 Å². The third kappa shape index (κ3) is 2.13. The van der Waals surface area contributed by atoms with Crippen molar-refractivity contribution in [2.75, 3.05) is 12.1 Å². The average Bonchev–Trinajstić information content (AvgIpc) is 2.94. The van der Waals surface area contributed by atoms with Crippen LogP contribution in [0.15, 0.2) is 18.2 Å². The molecule has 1 N–H and O–H groups in total. The molecule has 0 saturated heterocycles. The van der Waals surface area contributed by atoms with E-state index in [9.17, 15) is 0 Å². The Kier molecular flexibility index (Phi) is 2.74. The van der Waals surface area contributed by atoms with Crippen molar-refractivity contribution in [1.82, 2.24) is 8.75 Å². The average molecular weight is 270 g/mol. The number of rotatable bonds is 3. The van der Waals surface area contributed by atoms with Gasteiger partial charge in [0.15, 0.2) is 22.5 Å². The standard InChI is InChI=1S/C10H8ClN3O2S/c11-9-10(14-17-13-9)12-4-6-1-2-7-8(3-6)16-5-15-7/h1-3H,4-5H2,(H,12,14). The molecule has 2 heterocycles. The van der Waals surface area contributed by atoms with Crippen LogP contribution >= 0.6 is 23.3 Å². The Bertz CT molecular complexity index is 546. The molecule has 0 bridgehead atoms. The molecule has 5 nitrogen and oxygen atoms in total. The summed E-state index contributed by atoms with van der Waals surface area (Å²) in [6.07, 6.45) is 0. The van der Waals surface area contributed by atoms with Crippen molar-refractivity contribution in [1.29, 1.82) is 0 Å².